The molecule has 2 nitrogen and oxygen atoms in total. The normalized spacial score (nSPS) is 17.6. The van der Waals surface area contributed by atoms with Crippen molar-refractivity contribution in [2.75, 3.05) is 19.6 Å². The molecule has 0 bridgehead atoms. The molecule has 1 unspecified atom stereocenters. The Morgan fingerprint density at radius 3 is 2.72 bits per heavy atom. The van der Waals surface area contributed by atoms with Gasteiger partial charge in [0.2, 0.25) is 0 Å². The van der Waals surface area contributed by atoms with Crippen LogP contribution in [0.2, 0.25) is 0 Å². The lowest BCUT2D eigenvalue weighted by molar-refractivity contribution is 0.232. The van der Waals surface area contributed by atoms with Crippen LogP contribution in [0.4, 0.5) is 0 Å². The van der Waals surface area contributed by atoms with Gasteiger partial charge in [0.1, 0.15) is 0 Å². The maximum atomic E-state index is 3.64. The summed E-state index contributed by atoms with van der Waals surface area (Å²) < 4.78 is 0. The van der Waals surface area contributed by atoms with E-state index in [0.717, 1.165) is 18.5 Å². The molecule has 1 saturated carbocycles. The topological polar surface area (TPSA) is 15.3 Å². The third-order valence-corrected chi connectivity index (χ3v) is 4.54. The van der Waals surface area contributed by atoms with Gasteiger partial charge in [-0.1, -0.05) is 19.9 Å². The van der Waals surface area contributed by atoms with Gasteiger partial charge < -0.3 is 5.32 Å². The average molecular weight is 266 g/mol. The SMILES string of the molecule is CC(C)CN(CCNC(C)c1cccs1)C1CC1. The van der Waals surface area contributed by atoms with Crippen LogP contribution in [0.15, 0.2) is 17.5 Å². The van der Waals surface area contributed by atoms with E-state index in [1.54, 1.807) is 0 Å². The first-order valence-electron chi connectivity index (χ1n) is 7.17. The maximum Gasteiger partial charge on any atom is 0.0386 e. The Morgan fingerprint density at radius 2 is 2.17 bits per heavy atom. The van der Waals surface area contributed by atoms with Gasteiger partial charge in [0.05, 0.1) is 0 Å². The summed E-state index contributed by atoms with van der Waals surface area (Å²) in [4.78, 5) is 4.11. The third kappa shape index (κ3) is 4.38. The van der Waals surface area contributed by atoms with Gasteiger partial charge in [-0.15, -0.1) is 11.3 Å². The van der Waals surface area contributed by atoms with Gasteiger partial charge in [-0.2, -0.15) is 0 Å². The van der Waals surface area contributed by atoms with E-state index in [9.17, 15) is 0 Å². The van der Waals surface area contributed by atoms with Crippen molar-refractivity contribution in [3.63, 3.8) is 0 Å². The van der Waals surface area contributed by atoms with Gasteiger partial charge in [-0.25, -0.2) is 0 Å². The standard InChI is InChI=1S/C15H26N2S/c1-12(2)11-17(14-6-7-14)9-8-16-13(3)15-5-4-10-18-15/h4-5,10,12-14,16H,6-9,11H2,1-3H3. The molecule has 0 spiro atoms. The van der Waals surface area contributed by atoms with Crippen LogP contribution in [-0.4, -0.2) is 30.6 Å². The van der Waals surface area contributed by atoms with E-state index in [1.807, 2.05) is 11.3 Å². The molecule has 18 heavy (non-hydrogen) atoms. The van der Waals surface area contributed by atoms with Crippen molar-refractivity contribution in [1.29, 1.82) is 0 Å². The Balaban J connectivity index is 1.69. The van der Waals surface area contributed by atoms with Crippen molar-refractivity contribution < 1.29 is 0 Å². The molecule has 0 radical (unpaired) electrons. The van der Waals surface area contributed by atoms with Gasteiger partial charge in [0, 0.05) is 36.6 Å². The predicted octanol–water partition coefficient (Wildman–Crippen LogP) is 3.52. The fourth-order valence-electron chi connectivity index (χ4n) is 2.39. The highest BCUT2D eigenvalue weighted by Gasteiger charge is 2.28. The van der Waals surface area contributed by atoms with Crippen LogP contribution >= 0.6 is 11.3 Å². The van der Waals surface area contributed by atoms with Gasteiger partial charge in [0.25, 0.3) is 0 Å². The lowest BCUT2D eigenvalue weighted by Gasteiger charge is -2.25. The van der Waals surface area contributed by atoms with Gasteiger partial charge in [-0.3, -0.25) is 4.90 Å². The highest BCUT2D eigenvalue weighted by atomic mass is 32.1. The molecular formula is C15H26N2S. The van der Waals surface area contributed by atoms with Crippen LogP contribution in [0.3, 0.4) is 0 Å². The zero-order valence-corrected chi connectivity index (χ0v) is 12.7. The number of hydrogen-bond acceptors (Lipinski definition) is 3. The molecule has 1 aromatic rings. The number of thiophene rings is 1. The molecule has 1 aliphatic carbocycles. The van der Waals surface area contributed by atoms with Crippen molar-refractivity contribution in [2.45, 2.75) is 45.7 Å². The van der Waals surface area contributed by atoms with Crippen LogP contribution in [0.25, 0.3) is 0 Å². The first-order chi connectivity index (χ1) is 8.66. The molecule has 1 aliphatic rings. The minimum absolute atomic E-state index is 0.491. The van der Waals surface area contributed by atoms with Crippen molar-refractivity contribution in [3.05, 3.63) is 22.4 Å². The molecule has 1 fully saturated rings. The maximum absolute atomic E-state index is 3.64. The van der Waals surface area contributed by atoms with E-state index in [1.165, 1.54) is 30.8 Å². The Hall–Kier alpha value is -0.380. The molecule has 1 N–H and O–H groups in total. The summed E-state index contributed by atoms with van der Waals surface area (Å²) in [7, 11) is 0. The summed E-state index contributed by atoms with van der Waals surface area (Å²) in [5.74, 6) is 0.778. The molecule has 0 saturated heterocycles. The van der Waals surface area contributed by atoms with Crippen molar-refractivity contribution >= 4 is 11.3 Å². The van der Waals surface area contributed by atoms with Crippen LogP contribution in [-0.2, 0) is 0 Å². The lowest BCUT2D eigenvalue weighted by Crippen LogP contribution is -2.36. The van der Waals surface area contributed by atoms with Crippen molar-refractivity contribution in [1.82, 2.24) is 10.2 Å². The zero-order valence-electron chi connectivity index (χ0n) is 11.9. The third-order valence-electron chi connectivity index (χ3n) is 3.48. The number of hydrogen-bond donors (Lipinski definition) is 1. The number of nitrogens with one attached hydrogen (secondary N) is 1. The monoisotopic (exact) mass is 266 g/mol. The summed E-state index contributed by atoms with van der Waals surface area (Å²) in [6.45, 7) is 10.4. The number of nitrogens with zero attached hydrogens (tertiary/aromatic N) is 1. The summed E-state index contributed by atoms with van der Waals surface area (Å²) in [5, 5.41) is 5.80. The van der Waals surface area contributed by atoms with E-state index in [4.69, 9.17) is 0 Å². The van der Waals surface area contributed by atoms with Crippen LogP contribution in [0.5, 0.6) is 0 Å². The van der Waals surface area contributed by atoms with E-state index < -0.39 is 0 Å². The molecule has 0 aromatic carbocycles. The Bertz CT molecular complexity index is 330. The molecule has 3 heteroatoms. The number of rotatable bonds is 8. The second kappa shape index (κ2) is 6.69. The zero-order chi connectivity index (χ0) is 13.0. The molecule has 2 rings (SSSR count). The van der Waals surface area contributed by atoms with Gasteiger partial charge in [0.15, 0.2) is 0 Å². The molecule has 1 aromatic heterocycles. The van der Waals surface area contributed by atoms with Crippen LogP contribution in [0.1, 0.15) is 44.5 Å². The summed E-state index contributed by atoms with van der Waals surface area (Å²) in [5.41, 5.74) is 0. The fourth-order valence-corrected chi connectivity index (χ4v) is 3.15. The smallest absolute Gasteiger partial charge is 0.0386 e. The van der Waals surface area contributed by atoms with Gasteiger partial charge in [-0.05, 0) is 37.1 Å². The molecule has 1 heterocycles. The van der Waals surface area contributed by atoms with Crippen LogP contribution < -0.4 is 5.32 Å². The van der Waals surface area contributed by atoms with E-state index in [-0.39, 0.29) is 0 Å². The highest BCUT2D eigenvalue weighted by molar-refractivity contribution is 7.10. The minimum atomic E-state index is 0.491. The molecule has 0 aliphatic heterocycles. The van der Waals surface area contributed by atoms with E-state index in [2.05, 4.69) is 48.5 Å². The average Bonchev–Trinajstić information content (AvgIpc) is 3.02. The Kier molecular flexibility index (Phi) is 5.22. The summed E-state index contributed by atoms with van der Waals surface area (Å²) >= 11 is 1.84. The minimum Gasteiger partial charge on any atom is -0.308 e. The highest BCUT2D eigenvalue weighted by Crippen LogP contribution is 2.27. The quantitative estimate of drug-likeness (QED) is 0.774. The van der Waals surface area contributed by atoms with E-state index >= 15 is 0 Å². The second-order valence-electron chi connectivity index (χ2n) is 5.81. The Labute approximate surface area is 115 Å². The summed E-state index contributed by atoms with van der Waals surface area (Å²) in [6, 6.07) is 5.72. The van der Waals surface area contributed by atoms with Crippen molar-refractivity contribution in [2.24, 2.45) is 5.92 Å². The second-order valence-corrected chi connectivity index (χ2v) is 6.79. The molecular weight excluding hydrogens is 240 g/mol. The predicted molar refractivity (Wildman–Crippen MR) is 80.2 cm³/mol. The van der Waals surface area contributed by atoms with E-state index in [0.29, 0.717) is 6.04 Å². The fraction of sp³-hybridized carbons (Fsp3) is 0.733. The van der Waals surface area contributed by atoms with Gasteiger partial charge >= 0.3 is 0 Å². The molecule has 0 amide bonds. The Morgan fingerprint density at radius 1 is 1.39 bits per heavy atom. The largest absolute Gasteiger partial charge is 0.308 e. The first kappa shape index (κ1) is 14.0. The first-order valence-corrected chi connectivity index (χ1v) is 8.05. The van der Waals surface area contributed by atoms with Crippen LogP contribution in [0, 0.1) is 5.92 Å². The molecule has 102 valence electrons. The lowest BCUT2D eigenvalue weighted by atomic mass is 10.2. The van der Waals surface area contributed by atoms with Crippen molar-refractivity contribution in [3.8, 4) is 0 Å². The molecule has 1 atom stereocenters. The summed E-state index contributed by atoms with van der Waals surface area (Å²) in [6.07, 6.45) is 2.82.